The number of nitrogens with one attached hydrogen (secondary N) is 1. The summed E-state index contributed by atoms with van der Waals surface area (Å²) in [5.74, 6) is 1.61. The van der Waals surface area contributed by atoms with Crippen LogP contribution in [0.15, 0.2) is 12.4 Å². The van der Waals surface area contributed by atoms with E-state index in [0.717, 1.165) is 57.7 Å². The summed E-state index contributed by atoms with van der Waals surface area (Å²) in [6.07, 6.45) is 5.96. The first-order valence-corrected chi connectivity index (χ1v) is 8.78. The predicted molar refractivity (Wildman–Crippen MR) is 92.1 cm³/mol. The van der Waals surface area contributed by atoms with Crippen LogP contribution in [0, 0.1) is 0 Å². The molecular formula is C17H27N5O2. The van der Waals surface area contributed by atoms with Crippen molar-refractivity contribution in [3.8, 4) is 5.88 Å². The minimum Gasteiger partial charge on any atom is -0.481 e. The van der Waals surface area contributed by atoms with Gasteiger partial charge in [0.1, 0.15) is 12.1 Å². The van der Waals surface area contributed by atoms with Crippen LogP contribution in [0.1, 0.15) is 32.6 Å². The molecule has 2 aliphatic rings. The van der Waals surface area contributed by atoms with Crippen LogP contribution in [0.25, 0.3) is 0 Å². The van der Waals surface area contributed by atoms with Crippen molar-refractivity contribution in [1.29, 1.82) is 0 Å². The molecule has 24 heavy (non-hydrogen) atoms. The van der Waals surface area contributed by atoms with Crippen LogP contribution < -0.4 is 10.1 Å². The topological polar surface area (TPSA) is 70.6 Å². The van der Waals surface area contributed by atoms with Crippen molar-refractivity contribution in [2.45, 2.75) is 44.7 Å². The molecule has 0 aliphatic carbocycles. The molecule has 1 N–H and O–H groups in total. The monoisotopic (exact) mass is 333 g/mol. The predicted octanol–water partition coefficient (Wildman–Crippen LogP) is 1.37. The lowest BCUT2D eigenvalue weighted by atomic mass is 10.0. The average Bonchev–Trinajstić information content (AvgIpc) is 3.05. The van der Waals surface area contributed by atoms with Crippen molar-refractivity contribution in [2.24, 2.45) is 0 Å². The second-order valence-corrected chi connectivity index (χ2v) is 6.67. The molecule has 7 nitrogen and oxygen atoms in total. The fraction of sp³-hybridized carbons (Fsp3) is 0.706. The number of nitrogens with zero attached hydrogens (tertiary/aromatic N) is 4. The fourth-order valence-electron chi connectivity index (χ4n) is 3.74. The first-order chi connectivity index (χ1) is 11.7. The van der Waals surface area contributed by atoms with E-state index in [2.05, 4.69) is 20.2 Å². The SMILES string of the molecule is COc1cc(NC2CCN(CC3CCCN3C(C)=O)CC2)ncn1. The number of piperidine rings is 1. The number of rotatable bonds is 5. The summed E-state index contributed by atoms with van der Waals surface area (Å²) in [7, 11) is 1.61. The van der Waals surface area contributed by atoms with Gasteiger partial charge in [0, 0.05) is 51.3 Å². The van der Waals surface area contributed by atoms with E-state index < -0.39 is 0 Å². The molecule has 0 aromatic carbocycles. The van der Waals surface area contributed by atoms with Crippen molar-refractivity contribution in [2.75, 3.05) is 38.6 Å². The maximum atomic E-state index is 11.7. The van der Waals surface area contributed by atoms with Gasteiger partial charge in [-0.3, -0.25) is 4.79 Å². The maximum Gasteiger partial charge on any atom is 0.219 e. The van der Waals surface area contributed by atoms with Crippen LogP contribution in [0.4, 0.5) is 5.82 Å². The van der Waals surface area contributed by atoms with Gasteiger partial charge in [0.15, 0.2) is 0 Å². The highest BCUT2D eigenvalue weighted by Gasteiger charge is 2.29. The quantitative estimate of drug-likeness (QED) is 0.878. The largest absolute Gasteiger partial charge is 0.481 e. The molecule has 3 heterocycles. The normalized spacial score (nSPS) is 22.6. The molecule has 1 aromatic rings. The average molecular weight is 333 g/mol. The second kappa shape index (κ2) is 7.79. The summed E-state index contributed by atoms with van der Waals surface area (Å²) in [4.78, 5) is 24.5. The molecule has 3 rings (SSSR count). The van der Waals surface area contributed by atoms with E-state index in [0.29, 0.717) is 18.0 Å². The van der Waals surface area contributed by atoms with Crippen LogP contribution >= 0.6 is 0 Å². The Morgan fingerprint density at radius 3 is 2.79 bits per heavy atom. The van der Waals surface area contributed by atoms with Crippen molar-refractivity contribution in [3.63, 3.8) is 0 Å². The van der Waals surface area contributed by atoms with Gasteiger partial charge >= 0.3 is 0 Å². The third kappa shape index (κ3) is 4.14. The summed E-state index contributed by atoms with van der Waals surface area (Å²) >= 11 is 0. The molecule has 2 fully saturated rings. The third-order valence-electron chi connectivity index (χ3n) is 5.04. The molecule has 1 amide bonds. The number of aromatic nitrogens is 2. The zero-order chi connectivity index (χ0) is 16.9. The lowest BCUT2D eigenvalue weighted by Crippen LogP contribution is -2.46. The highest BCUT2D eigenvalue weighted by Crippen LogP contribution is 2.21. The van der Waals surface area contributed by atoms with Gasteiger partial charge in [0.2, 0.25) is 11.8 Å². The number of hydrogen-bond donors (Lipinski definition) is 1. The summed E-state index contributed by atoms with van der Waals surface area (Å²) in [6.45, 7) is 5.73. The first kappa shape index (κ1) is 17.0. The van der Waals surface area contributed by atoms with E-state index in [-0.39, 0.29) is 5.91 Å². The number of methoxy groups -OCH3 is 1. The van der Waals surface area contributed by atoms with E-state index in [1.54, 1.807) is 14.0 Å². The Morgan fingerprint density at radius 2 is 2.08 bits per heavy atom. The number of hydrogen-bond acceptors (Lipinski definition) is 6. The highest BCUT2D eigenvalue weighted by molar-refractivity contribution is 5.73. The molecule has 7 heteroatoms. The van der Waals surface area contributed by atoms with Gasteiger partial charge < -0.3 is 19.9 Å². The van der Waals surface area contributed by atoms with Crippen molar-refractivity contribution in [3.05, 3.63) is 12.4 Å². The Kier molecular flexibility index (Phi) is 5.50. The molecule has 2 aliphatic heterocycles. The maximum absolute atomic E-state index is 11.7. The van der Waals surface area contributed by atoms with E-state index >= 15 is 0 Å². The molecule has 132 valence electrons. The Bertz CT molecular complexity index is 560. The number of likely N-dealkylation sites (tertiary alicyclic amines) is 2. The van der Waals surface area contributed by atoms with Crippen LogP contribution in [0.2, 0.25) is 0 Å². The van der Waals surface area contributed by atoms with Gasteiger partial charge in [-0.05, 0) is 25.7 Å². The van der Waals surface area contributed by atoms with Gasteiger partial charge in [0.25, 0.3) is 0 Å². The van der Waals surface area contributed by atoms with Crippen LogP contribution in [-0.4, -0.2) is 71.0 Å². The van der Waals surface area contributed by atoms with Gasteiger partial charge in [-0.15, -0.1) is 0 Å². The summed E-state index contributed by atoms with van der Waals surface area (Å²) < 4.78 is 5.13. The third-order valence-corrected chi connectivity index (χ3v) is 5.04. The standard InChI is InChI=1S/C17H27N5O2/c1-13(23)22-7-3-4-15(22)11-21-8-5-14(6-9-21)20-16-10-17(24-2)19-12-18-16/h10,12,14-15H,3-9,11H2,1-2H3,(H,18,19,20). The Hall–Kier alpha value is -1.89. The van der Waals surface area contributed by atoms with Crippen LogP contribution in [-0.2, 0) is 4.79 Å². The highest BCUT2D eigenvalue weighted by atomic mass is 16.5. The van der Waals surface area contributed by atoms with E-state index in [1.807, 2.05) is 11.0 Å². The molecule has 1 unspecified atom stereocenters. The molecule has 0 saturated carbocycles. The van der Waals surface area contributed by atoms with Crippen LogP contribution in [0.3, 0.4) is 0 Å². The van der Waals surface area contributed by atoms with Gasteiger partial charge in [0.05, 0.1) is 7.11 Å². The lowest BCUT2D eigenvalue weighted by molar-refractivity contribution is -0.130. The van der Waals surface area contributed by atoms with Crippen LogP contribution in [0.5, 0.6) is 5.88 Å². The van der Waals surface area contributed by atoms with E-state index in [4.69, 9.17) is 4.74 Å². The van der Waals surface area contributed by atoms with E-state index in [9.17, 15) is 4.79 Å². The number of ether oxygens (including phenoxy) is 1. The molecule has 0 bridgehead atoms. The Balaban J connectivity index is 1.46. The number of carbonyl (C=O) groups is 1. The second-order valence-electron chi connectivity index (χ2n) is 6.67. The zero-order valence-electron chi connectivity index (χ0n) is 14.6. The number of anilines is 1. The number of carbonyl (C=O) groups excluding carboxylic acids is 1. The minimum absolute atomic E-state index is 0.215. The Morgan fingerprint density at radius 1 is 1.29 bits per heavy atom. The zero-order valence-corrected chi connectivity index (χ0v) is 14.6. The Labute approximate surface area is 143 Å². The molecular weight excluding hydrogens is 306 g/mol. The summed E-state index contributed by atoms with van der Waals surface area (Å²) in [6, 6.07) is 2.65. The van der Waals surface area contributed by atoms with Gasteiger partial charge in [-0.1, -0.05) is 0 Å². The summed E-state index contributed by atoms with van der Waals surface area (Å²) in [5, 5.41) is 3.47. The molecule has 1 aromatic heterocycles. The number of amides is 1. The first-order valence-electron chi connectivity index (χ1n) is 8.78. The van der Waals surface area contributed by atoms with Crippen molar-refractivity contribution >= 4 is 11.7 Å². The summed E-state index contributed by atoms with van der Waals surface area (Å²) in [5.41, 5.74) is 0. The fourth-order valence-corrected chi connectivity index (χ4v) is 3.74. The van der Waals surface area contributed by atoms with Crippen molar-refractivity contribution < 1.29 is 9.53 Å². The van der Waals surface area contributed by atoms with E-state index in [1.165, 1.54) is 6.33 Å². The van der Waals surface area contributed by atoms with Gasteiger partial charge in [-0.25, -0.2) is 9.97 Å². The van der Waals surface area contributed by atoms with Gasteiger partial charge in [-0.2, -0.15) is 0 Å². The minimum atomic E-state index is 0.215. The lowest BCUT2D eigenvalue weighted by Gasteiger charge is -2.35. The molecule has 1 atom stereocenters. The smallest absolute Gasteiger partial charge is 0.219 e. The molecule has 2 saturated heterocycles. The molecule has 0 radical (unpaired) electrons. The molecule has 0 spiro atoms. The van der Waals surface area contributed by atoms with Crippen molar-refractivity contribution in [1.82, 2.24) is 19.8 Å².